The molecule has 0 amide bonds. The molecule has 0 rings (SSSR count). The van der Waals surface area contributed by atoms with Crippen LogP contribution in [0.25, 0.3) is 0 Å². The van der Waals surface area contributed by atoms with E-state index in [1.807, 2.05) is 21.1 Å². The minimum absolute atomic E-state index is 0.0320. The third-order valence-corrected chi connectivity index (χ3v) is 14.9. The SMILES string of the molecule is CCCCCCCCCCCCCCCCCCCCCCCCCCCCOCC(COP(=O)([O-])OCC[N+](C)(C)C)OC(=O)CCCCCCCCCCCCCCCCCCCCCC. The number of phosphoric ester groups is 1. The molecule has 0 N–H and O–H groups in total. The van der Waals surface area contributed by atoms with E-state index < -0.39 is 13.9 Å². The molecule has 408 valence electrons. The number of hydrogen-bond donors (Lipinski definition) is 0. The quantitative estimate of drug-likeness (QED) is 0.0259. The molecule has 0 bridgehead atoms. The Bertz CT molecular complexity index is 1050. The number of rotatable bonds is 58. The molecule has 0 heterocycles. The van der Waals surface area contributed by atoms with Crippen LogP contribution in [0.3, 0.4) is 0 Å². The van der Waals surface area contributed by atoms with E-state index >= 15 is 0 Å². The van der Waals surface area contributed by atoms with Crippen LogP contribution in [-0.4, -0.2) is 70.7 Å². The molecular formula is C59H120NO7P. The number of likely N-dealkylation sites (N-methyl/N-ethyl adjacent to an activating group) is 1. The van der Waals surface area contributed by atoms with Gasteiger partial charge in [-0.1, -0.05) is 296 Å². The second-order valence-electron chi connectivity index (χ2n) is 22.1. The van der Waals surface area contributed by atoms with Crippen LogP contribution in [0, 0.1) is 0 Å². The van der Waals surface area contributed by atoms with Crippen molar-refractivity contribution in [2.24, 2.45) is 0 Å². The molecule has 0 spiro atoms. The molecule has 0 aromatic heterocycles. The van der Waals surface area contributed by atoms with E-state index in [9.17, 15) is 14.3 Å². The van der Waals surface area contributed by atoms with Crippen molar-refractivity contribution < 1.29 is 37.3 Å². The van der Waals surface area contributed by atoms with Crippen molar-refractivity contribution in [3.05, 3.63) is 0 Å². The highest BCUT2D eigenvalue weighted by Crippen LogP contribution is 2.38. The Balaban J connectivity index is 3.96. The van der Waals surface area contributed by atoms with Crippen molar-refractivity contribution in [3.8, 4) is 0 Å². The molecular weight excluding hydrogens is 866 g/mol. The molecule has 9 heteroatoms. The molecule has 0 aromatic carbocycles. The molecule has 0 aliphatic heterocycles. The Labute approximate surface area is 425 Å². The minimum atomic E-state index is -4.53. The van der Waals surface area contributed by atoms with Crippen molar-refractivity contribution in [1.82, 2.24) is 0 Å². The van der Waals surface area contributed by atoms with E-state index in [1.54, 1.807) is 0 Å². The van der Waals surface area contributed by atoms with E-state index in [-0.39, 0.29) is 25.8 Å². The summed E-state index contributed by atoms with van der Waals surface area (Å²) in [4.78, 5) is 25.3. The lowest BCUT2D eigenvalue weighted by Gasteiger charge is -2.28. The van der Waals surface area contributed by atoms with E-state index in [1.165, 1.54) is 263 Å². The van der Waals surface area contributed by atoms with Gasteiger partial charge in [-0.2, -0.15) is 0 Å². The first-order valence-corrected chi connectivity index (χ1v) is 31.7. The highest BCUT2D eigenvalue weighted by atomic mass is 31.2. The Morgan fingerprint density at radius 3 is 0.971 bits per heavy atom. The molecule has 2 atom stereocenters. The van der Waals surface area contributed by atoms with Crippen molar-refractivity contribution >= 4 is 13.8 Å². The van der Waals surface area contributed by atoms with E-state index in [2.05, 4.69) is 13.8 Å². The number of esters is 1. The van der Waals surface area contributed by atoms with Crippen LogP contribution in [0.5, 0.6) is 0 Å². The first-order valence-electron chi connectivity index (χ1n) is 30.3. The fourth-order valence-corrected chi connectivity index (χ4v) is 9.99. The predicted molar refractivity (Wildman–Crippen MR) is 291 cm³/mol. The van der Waals surface area contributed by atoms with Gasteiger partial charge in [-0.05, 0) is 12.8 Å². The number of hydrogen-bond acceptors (Lipinski definition) is 7. The maximum atomic E-state index is 12.8. The average molecular weight is 987 g/mol. The number of unbranched alkanes of at least 4 members (excludes halogenated alkanes) is 44. The van der Waals surface area contributed by atoms with Crippen LogP contribution < -0.4 is 4.89 Å². The van der Waals surface area contributed by atoms with Gasteiger partial charge in [-0.3, -0.25) is 9.36 Å². The fraction of sp³-hybridized carbons (Fsp3) is 0.983. The van der Waals surface area contributed by atoms with Gasteiger partial charge in [0.15, 0.2) is 0 Å². The topological polar surface area (TPSA) is 94.1 Å². The maximum absolute atomic E-state index is 12.8. The molecule has 68 heavy (non-hydrogen) atoms. The zero-order valence-electron chi connectivity index (χ0n) is 46.6. The van der Waals surface area contributed by atoms with Gasteiger partial charge in [0.1, 0.15) is 19.3 Å². The summed E-state index contributed by atoms with van der Waals surface area (Å²) in [5.74, 6) is -0.323. The third kappa shape index (κ3) is 56.4. The van der Waals surface area contributed by atoms with Crippen LogP contribution in [0.4, 0.5) is 0 Å². The van der Waals surface area contributed by atoms with Gasteiger partial charge in [0.2, 0.25) is 0 Å². The molecule has 0 radical (unpaired) electrons. The van der Waals surface area contributed by atoms with Gasteiger partial charge >= 0.3 is 5.97 Å². The lowest BCUT2D eigenvalue weighted by Crippen LogP contribution is -2.37. The van der Waals surface area contributed by atoms with Gasteiger partial charge < -0.3 is 27.9 Å². The number of phosphoric acid groups is 1. The first-order chi connectivity index (χ1) is 33.1. The zero-order valence-corrected chi connectivity index (χ0v) is 47.5. The monoisotopic (exact) mass is 986 g/mol. The maximum Gasteiger partial charge on any atom is 0.306 e. The summed E-state index contributed by atoms with van der Waals surface area (Å²) in [6.07, 6.45) is 61.6. The number of nitrogens with zero attached hydrogens (tertiary/aromatic N) is 1. The fourth-order valence-electron chi connectivity index (χ4n) is 9.26. The lowest BCUT2D eigenvalue weighted by molar-refractivity contribution is -0.870. The molecule has 2 unspecified atom stereocenters. The molecule has 0 fully saturated rings. The van der Waals surface area contributed by atoms with Gasteiger partial charge in [0.25, 0.3) is 7.82 Å². The van der Waals surface area contributed by atoms with Crippen LogP contribution in [0.2, 0.25) is 0 Å². The lowest BCUT2D eigenvalue weighted by atomic mass is 10.0. The van der Waals surface area contributed by atoms with E-state index in [0.717, 1.165) is 32.1 Å². The zero-order chi connectivity index (χ0) is 49.8. The van der Waals surface area contributed by atoms with Gasteiger partial charge in [0.05, 0.1) is 34.4 Å². The number of carbonyl (C=O) groups excluding carboxylic acids is 1. The van der Waals surface area contributed by atoms with Crippen molar-refractivity contribution in [3.63, 3.8) is 0 Å². The number of quaternary nitrogens is 1. The van der Waals surface area contributed by atoms with Crippen molar-refractivity contribution in [2.45, 2.75) is 322 Å². The first kappa shape index (κ1) is 67.5. The molecule has 0 saturated carbocycles. The highest BCUT2D eigenvalue weighted by Gasteiger charge is 2.20. The van der Waals surface area contributed by atoms with Crippen LogP contribution in [0.1, 0.15) is 316 Å². The van der Waals surface area contributed by atoms with E-state index in [4.69, 9.17) is 18.5 Å². The molecule has 0 aliphatic carbocycles. The molecule has 8 nitrogen and oxygen atoms in total. The van der Waals surface area contributed by atoms with Crippen molar-refractivity contribution in [1.29, 1.82) is 0 Å². The Hall–Kier alpha value is -0.500. The Morgan fingerprint density at radius 2 is 0.676 bits per heavy atom. The van der Waals surface area contributed by atoms with Gasteiger partial charge in [-0.15, -0.1) is 0 Å². The third-order valence-electron chi connectivity index (χ3n) is 13.9. The molecule has 0 saturated heterocycles. The van der Waals surface area contributed by atoms with Gasteiger partial charge in [0, 0.05) is 13.0 Å². The number of carbonyl (C=O) groups is 1. The summed E-state index contributed by atoms with van der Waals surface area (Å²) in [5.41, 5.74) is 0. The molecule has 0 aromatic rings. The Morgan fingerprint density at radius 1 is 0.397 bits per heavy atom. The van der Waals surface area contributed by atoms with Gasteiger partial charge in [-0.25, -0.2) is 0 Å². The largest absolute Gasteiger partial charge is 0.756 e. The summed E-state index contributed by atoms with van der Waals surface area (Å²) in [6, 6.07) is 0. The summed E-state index contributed by atoms with van der Waals surface area (Å²) in [7, 11) is 1.38. The van der Waals surface area contributed by atoms with Crippen LogP contribution in [-0.2, 0) is 27.9 Å². The van der Waals surface area contributed by atoms with Crippen LogP contribution in [0.15, 0.2) is 0 Å². The van der Waals surface area contributed by atoms with E-state index in [0.29, 0.717) is 24.1 Å². The minimum Gasteiger partial charge on any atom is -0.756 e. The summed E-state index contributed by atoms with van der Waals surface area (Å²) < 4.78 is 34.9. The average Bonchev–Trinajstić information content (AvgIpc) is 3.30. The van der Waals surface area contributed by atoms with Crippen LogP contribution >= 0.6 is 7.82 Å². The standard InChI is InChI=1S/C59H120NO7P/c1-6-8-10-12-14-16-18-20-22-24-26-28-29-30-31-32-33-35-37-39-41-43-45-47-49-51-54-64-56-58(57-66-68(62,63)65-55-53-60(3,4)5)67-59(61)52-50-48-46-44-42-40-38-36-34-27-25-23-21-19-17-15-13-11-9-7-2/h58H,6-57H2,1-5H3. The summed E-state index contributed by atoms with van der Waals surface area (Å²) in [6.45, 7) is 5.51. The predicted octanol–water partition coefficient (Wildman–Crippen LogP) is 18.5. The summed E-state index contributed by atoms with van der Waals surface area (Å²) in [5, 5.41) is 0. The molecule has 0 aliphatic rings. The number of ether oxygens (including phenoxy) is 2. The second kappa shape index (κ2) is 52.8. The Kier molecular flexibility index (Phi) is 52.4. The van der Waals surface area contributed by atoms with Crippen molar-refractivity contribution in [2.75, 3.05) is 54.1 Å². The smallest absolute Gasteiger partial charge is 0.306 e. The summed E-state index contributed by atoms with van der Waals surface area (Å²) >= 11 is 0. The second-order valence-corrected chi connectivity index (χ2v) is 23.5. The normalized spacial score (nSPS) is 13.3. The highest BCUT2D eigenvalue weighted by molar-refractivity contribution is 7.45.